The van der Waals surface area contributed by atoms with Crippen molar-refractivity contribution in [1.82, 2.24) is 14.8 Å². The molecule has 0 bridgehead atoms. The highest BCUT2D eigenvalue weighted by atomic mass is 32.2. The molecule has 1 aliphatic rings. The molecule has 3 aromatic carbocycles. The molecular formula is C25H23N3O4S. The fourth-order valence-electron chi connectivity index (χ4n) is 4.09. The van der Waals surface area contributed by atoms with Crippen LogP contribution in [0, 0.1) is 0 Å². The summed E-state index contributed by atoms with van der Waals surface area (Å²) in [5.41, 5.74) is 3.48. The predicted octanol–water partition coefficient (Wildman–Crippen LogP) is 4.19. The molecule has 33 heavy (non-hydrogen) atoms. The minimum atomic E-state index is -3.79. The van der Waals surface area contributed by atoms with E-state index in [-0.39, 0.29) is 10.8 Å². The Balaban J connectivity index is 1.59. The van der Waals surface area contributed by atoms with E-state index in [0.29, 0.717) is 24.6 Å². The van der Waals surface area contributed by atoms with Crippen LogP contribution in [-0.4, -0.2) is 32.1 Å². The molecule has 2 heterocycles. The minimum absolute atomic E-state index is 0.192. The molecule has 0 amide bonds. The molecule has 0 aliphatic carbocycles. The number of nitrogens with one attached hydrogen (secondary N) is 1. The van der Waals surface area contributed by atoms with Gasteiger partial charge in [-0.2, -0.15) is 0 Å². The van der Waals surface area contributed by atoms with Crippen LogP contribution in [0.3, 0.4) is 0 Å². The monoisotopic (exact) mass is 461 g/mol. The van der Waals surface area contributed by atoms with Crippen LogP contribution in [0.4, 0.5) is 0 Å². The molecule has 1 atom stereocenters. The quantitative estimate of drug-likeness (QED) is 0.464. The normalized spacial score (nSPS) is 16.3. The largest absolute Gasteiger partial charge is 0.467 e. The second-order valence-corrected chi connectivity index (χ2v) is 9.37. The molecule has 0 radical (unpaired) electrons. The highest BCUT2D eigenvalue weighted by Crippen LogP contribution is 2.39. The lowest BCUT2D eigenvalue weighted by molar-refractivity contribution is 0.153. The Bertz CT molecular complexity index is 1350. The van der Waals surface area contributed by atoms with Gasteiger partial charge in [-0.3, -0.25) is 0 Å². The van der Waals surface area contributed by atoms with Crippen molar-refractivity contribution in [3.05, 3.63) is 102 Å². The first-order valence-corrected chi connectivity index (χ1v) is 12.1. The molecule has 168 valence electrons. The van der Waals surface area contributed by atoms with Crippen molar-refractivity contribution in [3.8, 4) is 17.2 Å². The van der Waals surface area contributed by atoms with E-state index in [2.05, 4.69) is 4.83 Å². The number of aromatic nitrogens is 1. The fraction of sp³-hybridized carbons (Fsp3) is 0.160. The van der Waals surface area contributed by atoms with Gasteiger partial charge < -0.3 is 9.15 Å². The Kier molecular flexibility index (Phi) is 5.72. The lowest BCUT2D eigenvalue weighted by Crippen LogP contribution is -2.48. The van der Waals surface area contributed by atoms with E-state index in [9.17, 15) is 8.42 Å². The van der Waals surface area contributed by atoms with Gasteiger partial charge in [-0.25, -0.2) is 18.4 Å². The van der Waals surface area contributed by atoms with Crippen LogP contribution in [0.25, 0.3) is 11.3 Å². The maximum atomic E-state index is 13.1. The van der Waals surface area contributed by atoms with Crippen molar-refractivity contribution < 1.29 is 17.6 Å². The van der Waals surface area contributed by atoms with Crippen LogP contribution in [0.15, 0.2) is 94.2 Å². The standard InChI is InChI=1S/C25H23N3O4S/c1-31-25-22(19-11-4-2-5-12-19)26-24(32-25)23-21-15-9-8-10-18(21)16-17-28(23)27-33(29,30)20-13-6-3-7-14-20/h2-15,23,27H,16-17H2,1H3/t23-/m1/s1. The molecule has 5 rings (SSSR count). The summed E-state index contributed by atoms with van der Waals surface area (Å²) in [5, 5.41) is 1.67. The lowest BCUT2D eigenvalue weighted by Gasteiger charge is -2.35. The van der Waals surface area contributed by atoms with Gasteiger partial charge >= 0.3 is 5.95 Å². The number of rotatable bonds is 6. The molecule has 7 nitrogen and oxygen atoms in total. The van der Waals surface area contributed by atoms with E-state index in [1.807, 2.05) is 54.6 Å². The van der Waals surface area contributed by atoms with E-state index in [0.717, 1.165) is 16.7 Å². The highest BCUT2D eigenvalue weighted by molar-refractivity contribution is 7.89. The second kappa shape index (κ2) is 8.82. The maximum Gasteiger partial charge on any atom is 0.313 e. The number of hydrogen-bond donors (Lipinski definition) is 1. The third-order valence-corrected chi connectivity index (χ3v) is 7.02. The third-order valence-electron chi connectivity index (χ3n) is 5.65. The number of hydrazine groups is 1. The average molecular weight is 462 g/mol. The van der Waals surface area contributed by atoms with E-state index >= 15 is 0 Å². The van der Waals surface area contributed by atoms with Gasteiger partial charge in [0.1, 0.15) is 6.04 Å². The Morgan fingerprint density at radius 2 is 1.64 bits per heavy atom. The number of oxazole rings is 1. The first-order valence-electron chi connectivity index (χ1n) is 10.6. The summed E-state index contributed by atoms with van der Waals surface area (Å²) in [6.07, 6.45) is 0.688. The van der Waals surface area contributed by atoms with Crippen LogP contribution in [-0.2, 0) is 16.4 Å². The van der Waals surface area contributed by atoms with Crippen molar-refractivity contribution in [2.24, 2.45) is 0 Å². The van der Waals surface area contributed by atoms with Crippen LogP contribution in [0.5, 0.6) is 5.95 Å². The van der Waals surface area contributed by atoms with Gasteiger partial charge in [-0.05, 0) is 29.7 Å². The molecule has 1 aromatic heterocycles. The molecule has 0 saturated carbocycles. The number of nitrogens with zero attached hydrogens (tertiary/aromatic N) is 2. The van der Waals surface area contributed by atoms with Gasteiger partial charge in [0.15, 0.2) is 5.69 Å². The summed E-state index contributed by atoms with van der Waals surface area (Å²) >= 11 is 0. The highest BCUT2D eigenvalue weighted by Gasteiger charge is 2.36. The van der Waals surface area contributed by atoms with E-state index < -0.39 is 16.1 Å². The smallest absolute Gasteiger partial charge is 0.313 e. The molecule has 1 N–H and O–H groups in total. The average Bonchev–Trinajstić information content (AvgIpc) is 3.29. The molecule has 0 saturated heterocycles. The van der Waals surface area contributed by atoms with Gasteiger partial charge in [0.2, 0.25) is 5.89 Å². The SMILES string of the molecule is COc1oc([C@H]2c3ccccc3CCN2NS(=O)(=O)c2ccccc2)nc1-c1ccccc1. The van der Waals surface area contributed by atoms with Crippen molar-refractivity contribution in [3.63, 3.8) is 0 Å². The van der Waals surface area contributed by atoms with Crippen LogP contribution in [0.1, 0.15) is 23.1 Å². The summed E-state index contributed by atoms with van der Waals surface area (Å²) in [5.74, 6) is 0.638. The van der Waals surface area contributed by atoms with Gasteiger partial charge in [0.05, 0.1) is 12.0 Å². The Morgan fingerprint density at radius 3 is 2.36 bits per heavy atom. The van der Waals surface area contributed by atoms with Crippen molar-refractivity contribution in [2.75, 3.05) is 13.7 Å². The van der Waals surface area contributed by atoms with Gasteiger partial charge in [-0.15, -0.1) is 4.83 Å². The Labute approximate surface area is 192 Å². The van der Waals surface area contributed by atoms with Crippen molar-refractivity contribution >= 4 is 10.0 Å². The minimum Gasteiger partial charge on any atom is -0.467 e. The molecular weight excluding hydrogens is 438 g/mol. The molecule has 0 fully saturated rings. The molecule has 0 spiro atoms. The first kappa shape index (κ1) is 21.4. The molecule has 1 aliphatic heterocycles. The van der Waals surface area contributed by atoms with Crippen LogP contribution in [0.2, 0.25) is 0 Å². The van der Waals surface area contributed by atoms with E-state index in [1.165, 1.54) is 7.11 Å². The summed E-state index contributed by atoms with van der Waals surface area (Å²) < 4.78 is 37.8. The molecule has 0 unspecified atom stereocenters. The second-order valence-electron chi connectivity index (χ2n) is 7.71. The zero-order valence-corrected chi connectivity index (χ0v) is 18.8. The van der Waals surface area contributed by atoms with E-state index in [1.54, 1.807) is 35.3 Å². The third kappa shape index (κ3) is 4.16. The van der Waals surface area contributed by atoms with Crippen LogP contribution < -0.4 is 9.57 Å². The number of fused-ring (bicyclic) bond motifs is 1. The van der Waals surface area contributed by atoms with Crippen molar-refractivity contribution in [1.29, 1.82) is 0 Å². The number of methoxy groups -OCH3 is 1. The van der Waals surface area contributed by atoms with Gasteiger partial charge in [-0.1, -0.05) is 72.8 Å². The summed E-state index contributed by atoms with van der Waals surface area (Å²) in [6, 6.07) is 25.3. The predicted molar refractivity (Wildman–Crippen MR) is 124 cm³/mol. The summed E-state index contributed by atoms with van der Waals surface area (Å²) in [4.78, 5) is 7.70. The van der Waals surface area contributed by atoms with Gasteiger partial charge in [0.25, 0.3) is 10.0 Å². The maximum absolute atomic E-state index is 13.1. The molecule has 8 heteroatoms. The zero-order valence-electron chi connectivity index (χ0n) is 18.0. The van der Waals surface area contributed by atoms with Gasteiger partial charge in [0, 0.05) is 12.1 Å². The summed E-state index contributed by atoms with van der Waals surface area (Å²) in [6.45, 7) is 0.457. The fourth-order valence-corrected chi connectivity index (χ4v) is 5.22. The number of sulfonamides is 1. The summed E-state index contributed by atoms with van der Waals surface area (Å²) in [7, 11) is -2.26. The zero-order chi connectivity index (χ0) is 22.8. The van der Waals surface area contributed by atoms with Crippen LogP contribution >= 0.6 is 0 Å². The topological polar surface area (TPSA) is 84.7 Å². The van der Waals surface area contributed by atoms with Crippen molar-refractivity contribution in [2.45, 2.75) is 17.4 Å². The van der Waals surface area contributed by atoms with E-state index in [4.69, 9.17) is 14.1 Å². The Hall–Kier alpha value is -3.46. The number of hydrogen-bond acceptors (Lipinski definition) is 6. The Morgan fingerprint density at radius 1 is 0.970 bits per heavy atom. The first-order chi connectivity index (χ1) is 16.1. The lowest BCUT2D eigenvalue weighted by atomic mass is 9.94. The number of ether oxygens (including phenoxy) is 1. The molecule has 4 aromatic rings. The number of benzene rings is 3.